The summed E-state index contributed by atoms with van der Waals surface area (Å²) in [5, 5.41) is 0. The van der Waals surface area contributed by atoms with Gasteiger partial charge in [-0.05, 0) is 43.2 Å². The molecule has 1 saturated heterocycles. The van der Waals surface area contributed by atoms with Gasteiger partial charge in [0.05, 0.1) is 4.90 Å². The van der Waals surface area contributed by atoms with E-state index >= 15 is 0 Å². The molecule has 1 N–H and O–H groups in total. The van der Waals surface area contributed by atoms with Gasteiger partial charge in [0, 0.05) is 57.2 Å². The number of hydrogen-bond donors (Lipinski definition) is 1. The molecule has 2 heterocycles. The van der Waals surface area contributed by atoms with Crippen LogP contribution in [-0.2, 0) is 14.8 Å². The van der Waals surface area contributed by atoms with Crippen LogP contribution >= 0.6 is 0 Å². The smallest absolute Gasteiger partial charge is 0.240 e. The van der Waals surface area contributed by atoms with E-state index in [4.69, 9.17) is 0 Å². The maximum Gasteiger partial charge on any atom is 0.240 e. The molecule has 28 heavy (non-hydrogen) atoms. The zero-order valence-electron chi connectivity index (χ0n) is 16.3. The number of hydrogen-bond acceptors (Lipinski definition) is 5. The van der Waals surface area contributed by atoms with Crippen LogP contribution in [0.15, 0.2) is 47.6 Å². The Hall–Kier alpha value is -2.45. The molecule has 0 unspecified atom stereocenters. The fourth-order valence-electron chi connectivity index (χ4n) is 3.29. The number of carbonyl (C=O) groups is 1. The Bertz CT molecular complexity index is 924. The third-order valence-corrected chi connectivity index (χ3v) is 6.53. The van der Waals surface area contributed by atoms with Crippen molar-refractivity contribution in [2.45, 2.75) is 25.2 Å². The van der Waals surface area contributed by atoms with Gasteiger partial charge in [0.15, 0.2) is 0 Å². The minimum absolute atomic E-state index is 0.0296. The van der Waals surface area contributed by atoms with Crippen LogP contribution in [-0.4, -0.2) is 56.9 Å². The molecule has 1 amide bonds. The molecular weight excluding hydrogens is 376 g/mol. The Morgan fingerprint density at radius 2 is 1.75 bits per heavy atom. The van der Waals surface area contributed by atoms with Gasteiger partial charge in [0.2, 0.25) is 15.9 Å². The lowest BCUT2D eigenvalue weighted by molar-refractivity contribution is -0.131. The Morgan fingerprint density at radius 3 is 2.43 bits per heavy atom. The van der Waals surface area contributed by atoms with Crippen molar-refractivity contribution in [1.29, 1.82) is 0 Å². The second kappa shape index (κ2) is 8.70. The maximum atomic E-state index is 12.5. The molecule has 1 aromatic heterocycles. The number of benzene rings is 1. The summed E-state index contributed by atoms with van der Waals surface area (Å²) in [7, 11) is -3.62. The van der Waals surface area contributed by atoms with Gasteiger partial charge in [-0.1, -0.05) is 12.1 Å². The molecule has 1 aliphatic rings. The molecule has 8 heteroatoms. The van der Waals surface area contributed by atoms with Crippen LogP contribution < -0.4 is 9.62 Å². The number of piperazine rings is 1. The number of carbonyl (C=O) groups excluding carboxylic acids is 1. The number of aryl methyl sites for hydroxylation is 2. The van der Waals surface area contributed by atoms with Gasteiger partial charge < -0.3 is 9.80 Å². The van der Waals surface area contributed by atoms with Crippen LogP contribution in [0.5, 0.6) is 0 Å². The molecule has 1 aliphatic heterocycles. The van der Waals surface area contributed by atoms with Crippen LogP contribution in [0.1, 0.15) is 17.5 Å². The molecule has 2 aromatic rings. The van der Waals surface area contributed by atoms with Gasteiger partial charge in [0.1, 0.15) is 0 Å². The largest absolute Gasteiger partial charge is 0.368 e. The van der Waals surface area contributed by atoms with E-state index in [1.807, 2.05) is 25.1 Å². The summed E-state index contributed by atoms with van der Waals surface area (Å²) in [6, 6.07) is 9.23. The predicted molar refractivity (Wildman–Crippen MR) is 109 cm³/mol. The lowest BCUT2D eigenvalue weighted by Crippen LogP contribution is -2.49. The van der Waals surface area contributed by atoms with Crippen molar-refractivity contribution in [3.05, 3.63) is 53.9 Å². The van der Waals surface area contributed by atoms with Crippen molar-refractivity contribution in [1.82, 2.24) is 14.6 Å². The number of sulfonamides is 1. The lowest BCUT2D eigenvalue weighted by Gasteiger charge is -2.36. The average molecular weight is 403 g/mol. The fourth-order valence-corrected chi connectivity index (χ4v) is 4.65. The number of rotatable bonds is 6. The van der Waals surface area contributed by atoms with E-state index in [-0.39, 0.29) is 23.8 Å². The first-order valence-corrected chi connectivity index (χ1v) is 10.8. The summed E-state index contributed by atoms with van der Waals surface area (Å²) in [5.74, 6) is -0.0296. The third kappa shape index (κ3) is 4.88. The molecular formula is C20H26N4O3S. The molecule has 0 radical (unpaired) electrons. The molecule has 3 rings (SSSR count). The van der Waals surface area contributed by atoms with Gasteiger partial charge in [-0.3, -0.25) is 9.78 Å². The van der Waals surface area contributed by atoms with E-state index in [1.165, 1.54) is 0 Å². The van der Waals surface area contributed by atoms with Crippen LogP contribution in [0.4, 0.5) is 5.69 Å². The highest BCUT2D eigenvalue weighted by Crippen LogP contribution is 2.17. The van der Waals surface area contributed by atoms with E-state index in [0.29, 0.717) is 18.7 Å². The first-order valence-electron chi connectivity index (χ1n) is 9.36. The second-order valence-electron chi connectivity index (χ2n) is 6.99. The zero-order chi connectivity index (χ0) is 20.1. The maximum absolute atomic E-state index is 12.5. The van der Waals surface area contributed by atoms with Crippen molar-refractivity contribution in [3.63, 3.8) is 0 Å². The first-order chi connectivity index (χ1) is 13.4. The minimum Gasteiger partial charge on any atom is -0.368 e. The highest BCUT2D eigenvalue weighted by Gasteiger charge is 2.22. The number of anilines is 1. The fraction of sp³-hybridized carbons (Fsp3) is 0.400. The number of aromatic nitrogens is 1. The van der Waals surface area contributed by atoms with Crippen molar-refractivity contribution in [2.24, 2.45) is 0 Å². The second-order valence-corrected chi connectivity index (χ2v) is 8.73. The van der Waals surface area contributed by atoms with Gasteiger partial charge >= 0.3 is 0 Å². The Labute approximate surface area is 166 Å². The van der Waals surface area contributed by atoms with Gasteiger partial charge in [-0.15, -0.1) is 0 Å². The minimum atomic E-state index is -3.62. The van der Waals surface area contributed by atoms with Crippen LogP contribution in [0.3, 0.4) is 0 Å². The molecule has 0 spiro atoms. The van der Waals surface area contributed by atoms with E-state index in [0.717, 1.165) is 24.3 Å². The Morgan fingerprint density at radius 1 is 1.07 bits per heavy atom. The summed E-state index contributed by atoms with van der Waals surface area (Å²) < 4.78 is 27.6. The normalized spacial score (nSPS) is 14.9. The lowest BCUT2D eigenvalue weighted by atomic mass is 10.2. The zero-order valence-corrected chi connectivity index (χ0v) is 17.1. The summed E-state index contributed by atoms with van der Waals surface area (Å²) in [6.07, 6.45) is 3.67. The van der Waals surface area contributed by atoms with Gasteiger partial charge in [-0.2, -0.15) is 0 Å². The standard InChI is InChI=1S/C20H26N4O3S/c1-16-3-4-17(2)19(15-16)28(26,27)22-10-7-20(25)24-13-11-23(12-14-24)18-5-8-21-9-6-18/h3-6,8-9,15,22H,7,10-14H2,1-2H3. The molecule has 150 valence electrons. The van der Waals surface area contributed by atoms with Gasteiger partial charge in [0.25, 0.3) is 0 Å². The third-order valence-electron chi connectivity index (χ3n) is 4.92. The first kappa shape index (κ1) is 20.3. The highest BCUT2D eigenvalue weighted by molar-refractivity contribution is 7.89. The summed E-state index contributed by atoms with van der Waals surface area (Å²) in [5.41, 5.74) is 2.68. The number of amides is 1. The predicted octanol–water partition coefficient (Wildman–Crippen LogP) is 1.72. The van der Waals surface area contributed by atoms with E-state index in [2.05, 4.69) is 14.6 Å². The molecule has 0 saturated carbocycles. The topological polar surface area (TPSA) is 82.6 Å². The van der Waals surface area contributed by atoms with Crippen LogP contribution in [0, 0.1) is 13.8 Å². The molecule has 1 aromatic carbocycles. The molecule has 0 bridgehead atoms. The van der Waals surface area contributed by atoms with Crippen molar-refractivity contribution in [2.75, 3.05) is 37.6 Å². The number of nitrogens with one attached hydrogen (secondary N) is 1. The van der Waals surface area contributed by atoms with Crippen LogP contribution in [0.25, 0.3) is 0 Å². The summed E-state index contributed by atoms with van der Waals surface area (Å²) in [4.78, 5) is 20.8. The van der Waals surface area contributed by atoms with Crippen molar-refractivity contribution >= 4 is 21.6 Å². The van der Waals surface area contributed by atoms with Crippen molar-refractivity contribution in [3.8, 4) is 0 Å². The SMILES string of the molecule is Cc1ccc(C)c(S(=O)(=O)NCCC(=O)N2CCN(c3ccncc3)CC2)c1. The monoisotopic (exact) mass is 402 g/mol. The molecule has 0 aliphatic carbocycles. The van der Waals surface area contributed by atoms with E-state index < -0.39 is 10.0 Å². The van der Waals surface area contributed by atoms with Crippen LogP contribution in [0.2, 0.25) is 0 Å². The molecule has 1 fully saturated rings. The molecule has 7 nitrogen and oxygen atoms in total. The van der Waals surface area contributed by atoms with Crippen molar-refractivity contribution < 1.29 is 13.2 Å². The quantitative estimate of drug-likeness (QED) is 0.796. The summed E-state index contributed by atoms with van der Waals surface area (Å²) in [6.45, 7) is 6.48. The number of nitrogens with zero attached hydrogens (tertiary/aromatic N) is 3. The average Bonchev–Trinajstić information content (AvgIpc) is 2.70. The van der Waals surface area contributed by atoms with E-state index in [9.17, 15) is 13.2 Å². The van der Waals surface area contributed by atoms with Gasteiger partial charge in [-0.25, -0.2) is 13.1 Å². The summed E-state index contributed by atoms with van der Waals surface area (Å²) >= 11 is 0. The Kier molecular flexibility index (Phi) is 6.31. The number of pyridine rings is 1. The Balaban J connectivity index is 1.49. The van der Waals surface area contributed by atoms with E-state index in [1.54, 1.807) is 36.4 Å². The highest BCUT2D eigenvalue weighted by atomic mass is 32.2. The molecule has 0 atom stereocenters.